The molecule has 1 aromatic rings. The van der Waals surface area contributed by atoms with Gasteiger partial charge >= 0.3 is 0 Å². The summed E-state index contributed by atoms with van der Waals surface area (Å²) in [5.74, 6) is 0.336. The van der Waals surface area contributed by atoms with Crippen LogP contribution < -0.4 is 5.32 Å². The largest absolute Gasteiger partial charge is 0.508 e. The van der Waals surface area contributed by atoms with Crippen LogP contribution in [0, 0.1) is 0 Å². The lowest BCUT2D eigenvalue weighted by Crippen LogP contribution is -2.12. The lowest BCUT2D eigenvalue weighted by atomic mass is 10.0. The summed E-state index contributed by atoms with van der Waals surface area (Å²) in [7, 11) is 1.63. The van der Waals surface area contributed by atoms with Crippen molar-refractivity contribution in [3.8, 4) is 5.75 Å². The Bertz CT molecular complexity index is 332. The Kier molecular flexibility index (Phi) is 3.23. The van der Waals surface area contributed by atoms with Crippen molar-refractivity contribution in [3.63, 3.8) is 0 Å². The van der Waals surface area contributed by atoms with Gasteiger partial charge in [0, 0.05) is 18.7 Å². The molecule has 1 saturated heterocycles. The second kappa shape index (κ2) is 4.64. The average molecular weight is 207 g/mol. The first-order valence-corrected chi connectivity index (χ1v) is 5.35. The van der Waals surface area contributed by atoms with E-state index in [1.165, 1.54) is 12.0 Å². The number of phenols is 1. The molecule has 2 N–H and O–H groups in total. The summed E-state index contributed by atoms with van der Waals surface area (Å²) in [4.78, 5) is 0. The van der Waals surface area contributed by atoms with Gasteiger partial charge in [0.15, 0.2) is 0 Å². The minimum Gasteiger partial charge on any atom is -0.508 e. The first-order chi connectivity index (χ1) is 7.31. The van der Waals surface area contributed by atoms with Gasteiger partial charge in [-0.15, -0.1) is 0 Å². The van der Waals surface area contributed by atoms with E-state index in [-0.39, 0.29) is 0 Å². The van der Waals surface area contributed by atoms with E-state index >= 15 is 0 Å². The fraction of sp³-hybridized carbons (Fsp3) is 0.500. The average Bonchev–Trinajstić information content (AvgIpc) is 2.74. The molecule has 0 amide bonds. The SMILES string of the molecule is COCc1ccc(C2CCCN2)cc1O. The van der Waals surface area contributed by atoms with Gasteiger partial charge in [-0.05, 0) is 31.0 Å². The molecule has 1 aliphatic heterocycles. The molecule has 0 aromatic heterocycles. The van der Waals surface area contributed by atoms with Crippen LogP contribution in [0.2, 0.25) is 0 Å². The molecule has 0 saturated carbocycles. The van der Waals surface area contributed by atoms with Crippen LogP contribution in [0.4, 0.5) is 0 Å². The Morgan fingerprint density at radius 3 is 3.00 bits per heavy atom. The second-order valence-corrected chi connectivity index (χ2v) is 3.97. The molecule has 1 fully saturated rings. The third-order valence-electron chi connectivity index (χ3n) is 2.87. The van der Waals surface area contributed by atoms with Gasteiger partial charge in [0.1, 0.15) is 5.75 Å². The van der Waals surface area contributed by atoms with Crippen LogP contribution in [0.25, 0.3) is 0 Å². The Balaban J connectivity index is 2.16. The molecular weight excluding hydrogens is 190 g/mol. The molecule has 1 aromatic carbocycles. The van der Waals surface area contributed by atoms with Crippen LogP contribution in [0.3, 0.4) is 0 Å². The van der Waals surface area contributed by atoms with Gasteiger partial charge in [-0.1, -0.05) is 12.1 Å². The monoisotopic (exact) mass is 207 g/mol. The van der Waals surface area contributed by atoms with E-state index in [9.17, 15) is 5.11 Å². The molecule has 82 valence electrons. The van der Waals surface area contributed by atoms with Gasteiger partial charge in [0.05, 0.1) is 6.61 Å². The lowest BCUT2D eigenvalue weighted by molar-refractivity contribution is 0.182. The zero-order valence-corrected chi connectivity index (χ0v) is 8.99. The van der Waals surface area contributed by atoms with E-state index < -0.39 is 0 Å². The number of rotatable bonds is 3. The number of benzene rings is 1. The quantitative estimate of drug-likeness (QED) is 0.796. The fourth-order valence-electron chi connectivity index (χ4n) is 2.04. The molecule has 1 heterocycles. The molecule has 0 bridgehead atoms. The number of nitrogens with one attached hydrogen (secondary N) is 1. The van der Waals surface area contributed by atoms with Gasteiger partial charge in [0.25, 0.3) is 0 Å². The number of aromatic hydroxyl groups is 1. The minimum atomic E-state index is 0.336. The van der Waals surface area contributed by atoms with Crippen LogP contribution >= 0.6 is 0 Å². The van der Waals surface area contributed by atoms with Gasteiger partial charge in [0.2, 0.25) is 0 Å². The summed E-state index contributed by atoms with van der Waals surface area (Å²) in [6.07, 6.45) is 2.37. The summed E-state index contributed by atoms with van der Waals surface area (Å²) >= 11 is 0. The lowest BCUT2D eigenvalue weighted by Gasteiger charge is -2.12. The van der Waals surface area contributed by atoms with E-state index in [0.29, 0.717) is 18.4 Å². The smallest absolute Gasteiger partial charge is 0.121 e. The molecular formula is C12H17NO2. The molecule has 3 nitrogen and oxygen atoms in total. The standard InChI is InChI=1S/C12H17NO2/c1-15-8-10-5-4-9(7-12(10)14)11-3-2-6-13-11/h4-5,7,11,13-14H,2-3,6,8H2,1H3. The van der Waals surface area contributed by atoms with Crippen molar-refractivity contribution in [2.45, 2.75) is 25.5 Å². The van der Waals surface area contributed by atoms with Gasteiger partial charge in [-0.3, -0.25) is 0 Å². The van der Waals surface area contributed by atoms with E-state index in [2.05, 4.69) is 11.4 Å². The molecule has 0 spiro atoms. The molecule has 2 rings (SSSR count). The van der Waals surface area contributed by atoms with E-state index in [1.54, 1.807) is 7.11 Å². The molecule has 0 radical (unpaired) electrons. The predicted octanol–water partition coefficient (Wildman–Crippen LogP) is 1.96. The number of hydrogen-bond acceptors (Lipinski definition) is 3. The molecule has 1 unspecified atom stereocenters. The molecule has 0 aliphatic carbocycles. The third-order valence-corrected chi connectivity index (χ3v) is 2.87. The normalized spacial score (nSPS) is 20.7. The van der Waals surface area contributed by atoms with Crippen molar-refractivity contribution in [1.82, 2.24) is 5.32 Å². The zero-order valence-electron chi connectivity index (χ0n) is 8.99. The van der Waals surface area contributed by atoms with Crippen molar-refractivity contribution >= 4 is 0 Å². The van der Waals surface area contributed by atoms with Crippen molar-refractivity contribution < 1.29 is 9.84 Å². The van der Waals surface area contributed by atoms with E-state index in [0.717, 1.165) is 18.5 Å². The maximum Gasteiger partial charge on any atom is 0.121 e. The topological polar surface area (TPSA) is 41.5 Å². The number of ether oxygens (including phenoxy) is 1. The van der Waals surface area contributed by atoms with Crippen molar-refractivity contribution in [2.75, 3.05) is 13.7 Å². The van der Waals surface area contributed by atoms with E-state index in [4.69, 9.17) is 4.74 Å². The van der Waals surface area contributed by atoms with Gasteiger partial charge < -0.3 is 15.2 Å². The molecule has 1 aliphatic rings. The Hall–Kier alpha value is -1.06. The summed E-state index contributed by atoms with van der Waals surface area (Å²) < 4.78 is 5.00. The number of methoxy groups -OCH3 is 1. The highest BCUT2D eigenvalue weighted by molar-refractivity contribution is 5.37. The van der Waals surface area contributed by atoms with Gasteiger partial charge in [-0.2, -0.15) is 0 Å². The third kappa shape index (κ3) is 2.30. The summed E-state index contributed by atoms with van der Waals surface area (Å²) in [5, 5.41) is 13.2. The van der Waals surface area contributed by atoms with Crippen LogP contribution in [0.1, 0.15) is 30.0 Å². The highest BCUT2D eigenvalue weighted by Crippen LogP contribution is 2.27. The molecule has 1 atom stereocenters. The maximum atomic E-state index is 9.78. The first-order valence-electron chi connectivity index (χ1n) is 5.35. The molecule has 3 heteroatoms. The first kappa shape index (κ1) is 10.5. The summed E-state index contributed by atoms with van der Waals surface area (Å²) in [6, 6.07) is 6.26. The van der Waals surface area contributed by atoms with Crippen molar-refractivity contribution in [3.05, 3.63) is 29.3 Å². The fourth-order valence-corrected chi connectivity index (χ4v) is 2.04. The van der Waals surface area contributed by atoms with Crippen LogP contribution in [-0.4, -0.2) is 18.8 Å². The highest BCUT2D eigenvalue weighted by atomic mass is 16.5. The van der Waals surface area contributed by atoms with Crippen LogP contribution in [0.15, 0.2) is 18.2 Å². The molecule has 15 heavy (non-hydrogen) atoms. The highest BCUT2D eigenvalue weighted by Gasteiger charge is 2.16. The van der Waals surface area contributed by atoms with Crippen molar-refractivity contribution in [2.24, 2.45) is 0 Å². The second-order valence-electron chi connectivity index (χ2n) is 3.97. The zero-order chi connectivity index (χ0) is 10.7. The number of hydrogen-bond donors (Lipinski definition) is 2. The maximum absolute atomic E-state index is 9.78. The number of phenolic OH excluding ortho intramolecular Hbond substituents is 1. The van der Waals surface area contributed by atoms with E-state index in [1.807, 2.05) is 12.1 Å². The van der Waals surface area contributed by atoms with Crippen LogP contribution in [-0.2, 0) is 11.3 Å². The Morgan fingerprint density at radius 1 is 1.53 bits per heavy atom. The Morgan fingerprint density at radius 2 is 2.40 bits per heavy atom. The summed E-state index contributed by atoms with van der Waals surface area (Å²) in [5.41, 5.74) is 2.02. The van der Waals surface area contributed by atoms with Crippen LogP contribution in [0.5, 0.6) is 5.75 Å². The minimum absolute atomic E-state index is 0.336. The summed E-state index contributed by atoms with van der Waals surface area (Å²) in [6.45, 7) is 1.54. The van der Waals surface area contributed by atoms with Crippen molar-refractivity contribution in [1.29, 1.82) is 0 Å². The predicted molar refractivity (Wildman–Crippen MR) is 58.8 cm³/mol. The Labute approximate surface area is 90.1 Å². The van der Waals surface area contributed by atoms with Gasteiger partial charge in [-0.25, -0.2) is 0 Å².